The molecule has 90 valence electrons. The van der Waals surface area contributed by atoms with E-state index in [1.807, 2.05) is 0 Å². The van der Waals surface area contributed by atoms with Crippen molar-refractivity contribution in [1.82, 2.24) is 5.32 Å². The largest absolute Gasteiger partial charge is 0.374 e. The van der Waals surface area contributed by atoms with E-state index in [4.69, 9.17) is 10.5 Å². The predicted octanol–water partition coefficient (Wildman–Crippen LogP) is 1.38. The van der Waals surface area contributed by atoms with Gasteiger partial charge in [-0.3, -0.25) is 0 Å². The Morgan fingerprint density at radius 2 is 2.20 bits per heavy atom. The lowest BCUT2D eigenvalue weighted by Crippen LogP contribution is -2.41. The molecule has 0 amide bonds. The SMILES string of the molecule is CC(C)C(CN)CNCC1(C)CCCO1. The molecule has 3 heteroatoms. The third kappa shape index (κ3) is 4.09. The minimum Gasteiger partial charge on any atom is -0.374 e. The van der Waals surface area contributed by atoms with Crippen LogP contribution in [0.3, 0.4) is 0 Å². The smallest absolute Gasteiger partial charge is 0.0779 e. The maximum absolute atomic E-state index is 5.73. The van der Waals surface area contributed by atoms with Crippen molar-refractivity contribution >= 4 is 0 Å². The molecular formula is C12H26N2O. The summed E-state index contributed by atoms with van der Waals surface area (Å²) in [5.41, 5.74) is 5.80. The van der Waals surface area contributed by atoms with Crippen LogP contribution in [0, 0.1) is 11.8 Å². The lowest BCUT2D eigenvalue weighted by molar-refractivity contribution is 0.0200. The molecule has 3 N–H and O–H groups in total. The van der Waals surface area contributed by atoms with Crippen molar-refractivity contribution in [1.29, 1.82) is 0 Å². The van der Waals surface area contributed by atoms with Crippen LogP contribution in [0.2, 0.25) is 0 Å². The topological polar surface area (TPSA) is 47.3 Å². The zero-order chi connectivity index (χ0) is 11.3. The molecule has 0 radical (unpaired) electrons. The van der Waals surface area contributed by atoms with Gasteiger partial charge in [-0.05, 0) is 44.7 Å². The van der Waals surface area contributed by atoms with Gasteiger partial charge in [0.15, 0.2) is 0 Å². The summed E-state index contributed by atoms with van der Waals surface area (Å²) in [6, 6.07) is 0. The number of hydrogen-bond acceptors (Lipinski definition) is 3. The van der Waals surface area contributed by atoms with E-state index in [0.29, 0.717) is 11.8 Å². The van der Waals surface area contributed by atoms with Gasteiger partial charge in [-0.15, -0.1) is 0 Å². The van der Waals surface area contributed by atoms with E-state index >= 15 is 0 Å². The summed E-state index contributed by atoms with van der Waals surface area (Å²) in [4.78, 5) is 0. The summed E-state index contributed by atoms with van der Waals surface area (Å²) in [6.45, 7) is 10.3. The van der Waals surface area contributed by atoms with Crippen LogP contribution in [0.25, 0.3) is 0 Å². The molecule has 0 spiro atoms. The van der Waals surface area contributed by atoms with Gasteiger partial charge in [-0.25, -0.2) is 0 Å². The minimum absolute atomic E-state index is 0.0656. The lowest BCUT2D eigenvalue weighted by atomic mass is 9.95. The fourth-order valence-electron chi connectivity index (χ4n) is 2.09. The Kier molecular flexibility index (Phi) is 5.03. The number of hydrogen-bond donors (Lipinski definition) is 2. The summed E-state index contributed by atoms with van der Waals surface area (Å²) in [5, 5.41) is 3.50. The van der Waals surface area contributed by atoms with Crippen molar-refractivity contribution < 1.29 is 4.74 Å². The molecule has 1 fully saturated rings. The van der Waals surface area contributed by atoms with E-state index in [0.717, 1.165) is 26.2 Å². The zero-order valence-electron chi connectivity index (χ0n) is 10.4. The average Bonchev–Trinajstić information content (AvgIpc) is 2.60. The molecule has 1 aliphatic heterocycles. The molecule has 15 heavy (non-hydrogen) atoms. The normalized spacial score (nSPS) is 28.6. The molecule has 1 aliphatic rings. The number of nitrogens with two attached hydrogens (primary N) is 1. The number of ether oxygens (including phenoxy) is 1. The Bertz CT molecular complexity index is 176. The summed E-state index contributed by atoms with van der Waals surface area (Å²) >= 11 is 0. The first kappa shape index (κ1) is 12.9. The highest BCUT2D eigenvalue weighted by Crippen LogP contribution is 2.23. The van der Waals surface area contributed by atoms with Gasteiger partial charge in [0.1, 0.15) is 0 Å². The average molecular weight is 214 g/mol. The Morgan fingerprint density at radius 1 is 1.47 bits per heavy atom. The second-order valence-electron chi connectivity index (χ2n) is 5.27. The third-order valence-corrected chi connectivity index (χ3v) is 3.45. The molecule has 2 unspecified atom stereocenters. The van der Waals surface area contributed by atoms with E-state index in [1.54, 1.807) is 0 Å². The third-order valence-electron chi connectivity index (χ3n) is 3.45. The van der Waals surface area contributed by atoms with Crippen LogP contribution in [0.5, 0.6) is 0 Å². The first-order chi connectivity index (χ1) is 7.07. The van der Waals surface area contributed by atoms with E-state index in [-0.39, 0.29) is 5.60 Å². The van der Waals surface area contributed by atoms with E-state index in [2.05, 4.69) is 26.1 Å². The van der Waals surface area contributed by atoms with Crippen molar-refractivity contribution in [3.8, 4) is 0 Å². The van der Waals surface area contributed by atoms with Gasteiger partial charge < -0.3 is 15.8 Å². The van der Waals surface area contributed by atoms with Gasteiger partial charge in [-0.2, -0.15) is 0 Å². The Hall–Kier alpha value is -0.120. The van der Waals surface area contributed by atoms with Gasteiger partial charge in [0, 0.05) is 13.2 Å². The standard InChI is InChI=1S/C12H26N2O/c1-10(2)11(7-13)8-14-9-12(3)5-4-6-15-12/h10-11,14H,4-9,13H2,1-3H3. The molecule has 0 aliphatic carbocycles. The second-order valence-corrected chi connectivity index (χ2v) is 5.27. The minimum atomic E-state index is 0.0656. The van der Waals surface area contributed by atoms with Crippen LogP contribution in [-0.4, -0.2) is 31.8 Å². The van der Waals surface area contributed by atoms with Gasteiger partial charge in [0.2, 0.25) is 0 Å². The van der Waals surface area contributed by atoms with Crippen LogP contribution in [0.15, 0.2) is 0 Å². The van der Waals surface area contributed by atoms with E-state index < -0.39 is 0 Å². The molecule has 0 bridgehead atoms. The fraction of sp³-hybridized carbons (Fsp3) is 1.00. The number of nitrogens with one attached hydrogen (secondary N) is 1. The molecule has 1 heterocycles. The first-order valence-corrected chi connectivity index (χ1v) is 6.12. The summed E-state index contributed by atoms with van der Waals surface area (Å²) in [6.07, 6.45) is 2.37. The van der Waals surface area contributed by atoms with Crippen molar-refractivity contribution in [2.75, 3.05) is 26.2 Å². The molecular weight excluding hydrogens is 188 g/mol. The molecule has 0 aromatic carbocycles. The summed E-state index contributed by atoms with van der Waals surface area (Å²) in [7, 11) is 0. The van der Waals surface area contributed by atoms with Crippen LogP contribution >= 0.6 is 0 Å². The van der Waals surface area contributed by atoms with Crippen LogP contribution in [-0.2, 0) is 4.74 Å². The Balaban J connectivity index is 2.19. The summed E-state index contributed by atoms with van der Waals surface area (Å²) in [5.74, 6) is 1.23. The first-order valence-electron chi connectivity index (χ1n) is 6.12. The monoisotopic (exact) mass is 214 g/mol. The summed E-state index contributed by atoms with van der Waals surface area (Å²) < 4.78 is 5.72. The maximum atomic E-state index is 5.73. The maximum Gasteiger partial charge on any atom is 0.0779 e. The van der Waals surface area contributed by atoms with Crippen LogP contribution < -0.4 is 11.1 Å². The lowest BCUT2D eigenvalue weighted by Gasteiger charge is -2.26. The molecule has 1 rings (SSSR count). The second kappa shape index (κ2) is 5.83. The Morgan fingerprint density at radius 3 is 2.67 bits per heavy atom. The molecule has 0 saturated carbocycles. The van der Waals surface area contributed by atoms with E-state index in [9.17, 15) is 0 Å². The van der Waals surface area contributed by atoms with Crippen molar-refractivity contribution in [2.45, 2.75) is 39.2 Å². The quantitative estimate of drug-likeness (QED) is 0.702. The fourth-order valence-corrected chi connectivity index (χ4v) is 2.09. The van der Waals surface area contributed by atoms with Crippen molar-refractivity contribution in [3.63, 3.8) is 0 Å². The van der Waals surface area contributed by atoms with Gasteiger partial charge in [-0.1, -0.05) is 13.8 Å². The number of rotatable bonds is 6. The molecule has 2 atom stereocenters. The molecule has 3 nitrogen and oxygen atoms in total. The molecule has 0 aromatic rings. The van der Waals surface area contributed by atoms with Gasteiger partial charge in [0.25, 0.3) is 0 Å². The Labute approximate surface area is 93.8 Å². The molecule has 1 saturated heterocycles. The highest BCUT2D eigenvalue weighted by Gasteiger charge is 2.29. The highest BCUT2D eigenvalue weighted by atomic mass is 16.5. The molecule has 0 aromatic heterocycles. The van der Waals surface area contributed by atoms with E-state index in [1.165, 1.54) is 12.8 Å². The van der Waals surface area contributed by atoms with Crippen molar-refractivity contribution in [3.05, 3.63) is 0 Å². The highest BCUT2D eigenvalue weighted by molar-refractivity contribution is 4.83. The van der Waals surface area contributed by atoms with Crippen LogP contribution in [0.1, 0.15) is 33.6 Å². The zero-order valence-corrected chi connectivity index (χ0v) is 10.4. The predicted molar refractivity (Wildman–Crippen MR) is 63.8 cm³/mol. The van der Waals surface area contributed by atoms with Gasteiger partial charge >= 0.3 is 0 Å². The van der Waals surface area contributed by atoms with Crippen molar-refractivity contribution in [2.24, 2.45) is 17.6 Å². The van der Waals surface area contributed by atoms with Gasteiger partial charge in [0.05, 0.1) is 5.60 Å². The van der Waals surface area contributed by atoms with Crippen LogP contribution in [0.4, 0.5) is 0 Å².